The van der Waals surface area contributed by atoms with Gasteiger partial charge in [-0.3, -0.25) is 10.1 Å². The van der Waals surface area contributed by atoms with E-state index in [-0.39, 0.29) is 11.7 Å². The standard InChI is InChI=1S/C15H29N3O/c1-6-13-16-15(4,7-2)14(19)18(13)12-8-9-17(5)10-11(12)3/h11-13,16H,6-10H2,1-5H3. The number of rotatable bonds is 3. The van der Waals surface area contributed by atoms with E-state index in [1.165, 1.54) is 0 Å². The van der Waals surface area contributed by atoms with E-state index in [2.05, 4.69) is 49.9 Å². The Labute approximate surface area is 117 Å². The highest BCUT2D eigenvalue weighted by Gasteiger charge is 2.49. The Morgan fingerprint density at radius 3 is 2.63 bits per heavy atom. The van der Waals surface area contributed by atoms with Crippen molar-refractivity contribution in [2.45, 2.75) is 64.7 Å². The number of nitrogens with zero attached hydrogens (tertiary/aromatic N) is 2. The van der Waals surface area contributed by atoms with Crippen LogP contribution in [0.25, 0.3) is 0 Å². The summed E-state index contributed by atoms with van der Waals surface area (Å²) >= 11 is 0. The average molecular weight is 267 g/mol. The van der Waals surface area contributed by atoms with E-state index in [9.17, 15) is 4.79 Å². The second-order valence-electron chi connectivity index (χ2n) is 6.56. The van der Waals surface area contributed by atoms with Gasteiger partial charge in [-0.15, -0.1) is 0 Å². The van der Waals surface area contributed by atoms with Crippen molar-refractivity contribution in [1.82, 2.24) is 15.1 Å². The Balaban J connectivity index is 2.20. The zero-order chi connectivity index (χ0) is 14.2. The third kappa shape index (κ3) is 2.52. The van der Waals surface area contributed by atoms with Gasteiger partial charge in [-0.1, -0.05) is 20.8 Å². The molecule has 2 saturated heterocycles. The molecule has 1 amide bonds. The fraction of sp³-hybridized carbons (Fsp3) is 0.933. The molecule has 2 fully saturated rings. The summed E-state index contributed by atoms with van der Waals surface area (Å²) in [4.78, 5) is 17.3. The third-order valence-corrected chi connectivity index (χ3v) is 5.04. The van der Waals surface area contributed by atoms with Gasteiger partial charge in [0.1, 0.15) is 0 Å². The summed E-state index contributed by atoms with van der Waals surface area (Å²) in [5.74, 6) is 0.862. The SMILES string of the molecule is CCC1NC(C)(CC)C(=O)N1C1CCN(C)CC1C. The van der Waals surface area contributed by atoms with Crippen LogP contribution in [0.1, 0.15) is 47.0 Å². The second-order valence-corrected chi connectivity index (χ2v) is 6.56. The molecule has 2 aliphatic heterocycles. The van der Waals surface area contributed by atoms with Gasteiger partial charge in [0.15, 0.2) is 0 Å². The van der Waals surface area contributed by atoms with Gasteiger partial charge in [0.05, 0.1) is 11.7 Å². The Bertz CT molecular complexity index is 346. The lowest BCUT2D eigenvalue weighted by atomic mass is 9.91. The van der Waals surface area contributed by atoms with Crippen LogP contribution in [0.4, 0.5) is 0 Å². The molecule has 0 aliphatic carbocycles. The molecule has 2 aliphatic rings. The summed E-state index contributed by atoms with van der Waals surface area (Å²) in [6, 6.07) is 0.398. The van der Waals surface area contributed by atoms with Crippen molar-refractivity contribution >= 4 is 5.91 Å². The van der Waals surface area contributed by atoms with Crippen LogP contribution < -0.4 is 5.32 Å². The van der Waals surface area contributed by atoms with E-state index in [1.54, 1.807) is 0 Å². The highest BCUT2D eigenvalue weighted by Crippen LogP contribution is 2.32. The van der Waals surface area contributed by atoms with Crippen molar-refractivity contribution in [3.63, 3.8) is 0 Å². The molecule has 4 atom stereocenters. The maximum atomic E-state index is 12.8. The molecule has 0 saturated carbocycles. The van der Waals surface area contributed by atoms with E-state index < -0.39 is 0 Å². The Morgan fingerprint density at radius 1 is 1.42 bits per heavy atom. The van der Waals surface area contributed by atoms with E-state index >= 15 is 0 Å². The van der Waals surface area contributed by atoms with E-state index in [4.69, 9.17) is 0 Å². The molecule has 0 aromatic carbocycles. The molecular weight excluding hydrogens is 238 g/mol. The number of carbonyl (C=O) groups excluding carboxylic acids is 1. The number of amides is 1. The first-order valence-electron chi connectivity index (χ1n) is 7.72. The van der Waals surface area contributed by atoms with Crippen LogP contribution in [0.15, 0.2) is 0 Å². The Hall–Kier alpha value is -0.610. The molecule has 110 valence electrons. The first-order chi connectivity index (χ1) is 8.92. The summed E-state index contributed by atoms with van der Waals surface area (Å²) < 4.78 is 0. The van der Waals surface area contributed by atoms with Crippen LogP contribution in [0, 0.1) is 5.92 Å². The molecular formula is C15H29N3O. The number of piperidine rings is 1. The van der Waals surface area contributed by atoms with Crippen molar-refractivity contribution in [3.8, 4) is 0 Å². The first-order valence-corrected chi connectivity index (χ1v) is 7.72. The van der Waals surface area contributed by atoms with Crippen LogP contribution in [0.5, 0.6) is 0 Å². The molecule has 0 aromatic heterocycles. The molecule has 4 unspecified atom stereocenters. The summed E-state index contributed by atoms with van der Waals surface area (Å²) in [7, 11) is 2.17. The first kappa shape index (κ1) is 14.8. The van der Waals surface area contributed by atoms with Gasteiger partial charge < -0.3 is 9.80 Å². The maximum Gasteiger partial charge on any atom is 0.244 e. The molecule has 0 aromatic rings. The van der Waals surface area contributed by atoms with Gasteiger partial charge in [-0.2, -0.15) is 0 Å². The number of hydrogen-bond donors (Lipinski definition) is 1. The number of nitrogens with one attached hydrogen (secondary N) is 1. The maximum absolute atomic E-state index is 12.8. The summed E-state index contributed by atoms with van der Waals surface area (Å²) in [5, 5.41) is 3.56. The van der Waals surface area contributed by atoms with Crippen LogP contribution in [0.3, 0.4) is 0 Å². The molecule has 1 N–H and O–H groups in total. The minimum absolute atomic E-state index is 0.216. The summed E-state index contributed by atoms with van der Waals surface area (Å²) in [6.45, 7) is 10.8. The molecule has 2 heterocycles. The lowest BCUT2D eigenvalue weighted by Gasteiger charge is -2.42. The van der Waals surface area contributed by atoms with Gasteiger partial charge >= 0.3 is 0 Å². The van der Waals surface area contributed by atoms with Crippen LogP contribution in [0.2, 0.25) is 0 Å². The van der Waals surface area contributed by atoms with Gasteiger partial charge in [0, 0.05) is 12.6 Å². The van der Waals surface area contributed by atoms with Gasteiger partial charge in [-0.25, -0.2) is 0 Å². The topological polar surface area (TPSA) is 35.6 Å². The predicted molar refractivity (Wildman–Crippen MR) is 77.8 cm³/mol. The van der Waals surface area contributed by atoms with Crippen LogP contribution >= 0.6 is 0 Å². The van der Waals surface area contributed by atoms with E-state index in [1.807, 2.05) is 0 Å². The summed E-state index contributed by atoms with van der Waals surface area (Å²) in [6.07, 6.45) is 3.16. The minimum atomic E-state index is -0.357. The normalized spacial score (nSPS) is 41.0. The van der Waals surface area contributed by atoms with Crippen molar-refractivity contribution in [1.29, 1.82) is 0 Å². The van der Waals surface area contributed by atoms with E-state index in [0.717, 1.165) is 32.4 Å². The van der Waals surface area contributed by atoms with Crippen LogP contribution in [-0.4, -0.2) is 53.6 Å². The number of hydrogen-bond acceptors (Lipinski definition) is 3. The predicted octanol–water partition coefficient (Wildman–Crippen LogP) is 1.66. The zero-order valence-electron chi connectivity index (χ0n) is 13.1. The van der Waals surface area contributed by atoms with Crippen molar-refractivity contribution in [2.24, 2.45) is 5.92 Å². The molecule has 2 rings (SSSR count). The highest BCUT2D eigenvalue weighted by atomic mass is 16.2. The number of carbonyl (C=O) groups is 1. The number of likely N-dealkylation sites (tertiary alicyclic amines) is 1. The quantitative estimate of drug-likeness (QED) is 0.845. The largest absolute Gasteiger partial charge is 0.322 e. The van der Waals surface area contributed by atoms with Gasteiger partial charge in [-0.05, 0) is 45.7 Å². The van der Waals surface area contributed by atoms with Crippen molar-refractivity contribution in [3.05, 3.63) is 0 Å². The lowest BCUT2D eigenvalue weighted by molar-refractivity contribution is -0.137. The zero-order valence-corrected chi connectivity index (χ0v) is 13.1. The van der Waals surface area contributed by atoms with E-state index in [0.29, 0.717) is 17.9 Å². The average Bonchev–Trinajstić information content (AvgIpc) is 2.63. The molecule has 4 heteroatoms. The Kier molecular flexibility index (Phi) is 4.21. The fourth-order valence-electron chi connectivity index (χ4n) is 3.61. The van der Waals surface area contributed by atoms with Crippen molar-refractivity contribution in [2.75, 3.05) is 20.1 Å². The van der Waals surface area contributed by atoms with Crippen LogP contribution in [-0.2, 0) is 4.79 Å². The minimum Gasteiger partial charge on any atom is -0.322 e. The smallest absolute Gasteiger partial charge is 0.244 e. The monoisotopic (exact) mass is 267 g/mol. The molecule has 4 nitrogen and oxygen atoms in total. The molecule has 0 radical (unpaired) electrons. The lowest BCUT2D eigenvalue weighted by Crippen LogP contribution is -2.53. The van der Waals surface area contributed by atoms with Gasteiger partial charge in [0.2, 0.25) is 5.91 Å². The van der Waals surface area contributed by atoms with Crippen molar-refractivity contribution < 1.29 is 4.79 Å². The molecule has 19 heavy (non-hydrogen) atoms. The fourth-order valence-corrected chi connectivity index (χ4v) is 3.61. The molecule has 0 spiro atoms. The summed E-state index contributed by atoms with van der Waals surface area (Å²) in [5.41, 5.74) is -0.357. The van der Waals surface area contributed by atoms with Gasteiger partial charge in [0.25, 0.3) is 0 Å². The second kappa shape index (κ2) is 5.41. The Morgan fingerprint density at radius 2 is 2.11 bits per heavy atom. The third-order valence-electron chi connectivity index (χ3n) is 5.04. The molecule has 0 bridgehead atoms. The highest BCUT2D eigenvalue weighted by molar-refractivity contribution is 5.88.